The van der Waals surface area contributed by atoms with Crippen LogP contribution in [-0.2, 0) is 4.74 Å². The Bertz CT molecular complexity index is 733. The topological polar surface area (TPSA) is 71.7 Å². The monoisotopic (exact) mass is 331 g/mol. The Kier molecular flexibility index (Phi) is 5.07. The van der Waals surface area contributed by atoms with Gasteiger partial charge in [0.2, 0.25) is 0 Å². The summed E-state index contributed by atoms with van der Waals surface area (Å²) in [5, 5.41) is 16.6. The van der Waals surface area contributed by atoms with Gasteiger partial charge < -0.3 is 19.6 Å². The number of furan rings is 1. The Morgan fingerprint density at radius 3 is 2.96 bits per heavy atom. The number of aliphatic hydroxyl groups excluding tert-OH is 1. The minimum atomic E-state index is -0.290. The molecule has 120 valence electrons. The van der Waals surface area contributed by atoms with Crippen molar-refractivity contribution in [3.63, 3.8) is 0 Å². The number of amides is 1. The van der Waals surface area contributed by atoms with Gasteiger partial charge in [-0.2, -0.15) is 11.3 Å². The van der Waals surface area contributed by atoms with E-state index < -0.39 is 0 Å². The molecule has 1 atom stereocenters. The van der Waals surface area contributed by atoms with Gasteiger partial charge in [-0.05, 0) is 34.5 Å². The smallest absolute Gasteiger partial charge is 0.287 e. The molecule has 6 heteroatoms. The van der Waals surface area contributed by atoms with Crippen LogP contribution in [0.25, 0.3) is 11.0 Å². The number of carbonyl (C=O) groups excluding carboxylic acids is 1. The van der Waals surface area contributed by atoms with Crippen LogP contribution in [0.5, 0.6) is 0 Å². The van der Waals surface area contributed by atoms with Crippen molar-refractivity contribution >= 4 is 28.2 Å². The molecule has 0 aliphatic heterocycles. The zero-order valence-electron chi connectivity index (χ0n) is 12.4. The highest BCUT2D eigenvalue weighted by atomic mass is 32.1. The first-order valence-corrected chi connectivity index (χ1v) is 8.23. The summed E-state index contributed by atoms with van der Waals surface area (Å²) in [6.45, 7) is 0.478. The van der Waals surface area contributed by atoms with Gasteiger partial charge in [0.15, 0.2) is 5.76 Å². The van der Waals surface area contributed by atoms with Crippen molar-refractivity contribution in [2.24, 2.45) is 0 Å². The lowest BCUT2D eigenvalue weighted by molar-refractivity contribution is 0.0277. The van der Waals surface area contributed by atoms with Crippen LogP contribution in [0, 0.1) is 0 Å². The number of hydrogen-bond donors (Lipinski definition) is 2. The van der Waals surface area contributed by atoms with Gasteiger partial charge in [-0.15, -0.1) is 0 Å². The molecule has 0 bridgehead atoms. The Morgan fingerprint density at radius 2 is 2.22 bits per heavy atom. The lowest BCUT2D eigenvalue weighted by Gasteiger charge is -2.16. The molecule has 0 fully saturated rings. The van der Waals surface area contributed by atoms with Crippen LogP contribution in [0.4, 0.5) is 0 Å². The molecule has 0 spiro atoms. The molecule has 0 saturated heterocycles. The van der Waals surface area contributed by atoms with Crippen molar-refractivity contribution in [1.82, 2.24) is 5.32 Å². The van der Waals surface area contributed by atoms with Crippen molar-refractivity contribution in [2.45, 2.75) is 6.10 Å². The summed E-state index contributed by atoms with van der Waals surface area (Å²) in [5.74, 6) is -0.00791. The number of aliphatic hydroxyl groups is 1. The van der Waals surface area contributed by atoms with Gasteiger partial charge in [0.05, 0.1) is 13.2 Å². The van der Waals surface area contributed by atoms with Crippen molar-refractivity contribution in [3.05, 3.63) is 58.5 Å². The van der Waals surface area contributed by atoms with E-state index in [1.165, 1.54) is 0 Å². The van der Waals surface area contributed by atoms with Crippen LogP contribution in [0.3, 0.4) is 0 Å². The third kappa shape index (κ3) is 3.79. The second-order valence-electron chi connectivity index (χ2n) is 5.00. The summed E-state index contributed by atoms with van der Waals surface area (Å²) in [4.78, 5) is 12.3. The zero-order valence-corrected chi connectivity index (χ0v) is 13.2. The molecule has 23 heavy (non-hydrogen) atoms. The number of rotatable bonds is 7. The normalized spacial score (nSPS) is 12.4. The summed E-state index contributed by atoms with van der Waals surface area (Å²) in [7, 11) is 0. The molecule has 1 amide bonds. The van der Waals surface area contributed by atoms with Gasteiger partial charge in [-0.25, -0.2) is 0 Å². The Balaban J connectivity index is 1.66. The highest BCUT2D eigenvalue weighted by Crippen LogP contribution is 2.21. The van der Waals surface area contributed by atoms with Gasteiger partial charge >= 0.3 is 0 Å². The first-order chi connectivity index (χ1) is 11.3. The third-order valence-electron chi connectivity index (χ3n) is 3.42. The summed E-state index contributed by atoms with van der Waals surface area (Å²) in [6, 6.07) is 11.1. The zero-order chi connectivity index (χ0) is 16.1. The van der Waals surface area contributed by atoms with Gasteiger partial charge in [-0.1, -0.05) is 18.2 Å². The molecular weight excluding hydrogens is 314 g/mol. The second-order valence-corrected chi connectivity index (χ2v) is 5.78. The average molecular weight is 331 g/mol. The van der Waals surface area contributed by atoms with Crippen molar-refractivity contribution in [2.75, 3.05) is 19.8 Å². The summed E-state index contributed by atoms with van der Waals surface area (Å²) in [6.07, 6.45) is -0.290. The van der Waals surface area contributed by atoms with Crippen molar-refractivity contribution in [3.8, 4) is 0 Å². The molecule has 3 rings (SSSR count). The van der Waals surface area contributed by atoms with E-state index in [0.717, 1.165) is 10.9 Å². The summed E-state index contributed by atoms with van der Waals surface area (Å²) in [5.41, 5.74) is 1.66. The summed E-state index contributed by atoms with van der Waals surface area (Å²) < 4.78 is 11.1. The van der Waals surface area contributed by atoms with E-state index in [1.54, 1.807) is 17.4 Å². The predicted molar refractivity (Wildman–Crippen MR) is 88.6 cm³/mol. The number of ether oxygens (including phenoxy) is 1. The molecular formula is C17H17NO4S. The van der Waals surface area contributed by atoms with E-state index in [0.29, 0.717) is 12.1 Å². The van der Waals surface area contributed by atoms with Gasteiger partial charge in [0.1, 0.15) is 11.7 Å². The molecule has 1 aromatic carbocycles. The highest BCUT2D eigenvalue weighted by Gasteiger charge is 2.17. The minimum absolute atomic E-state index is 0.0574. The number of para-hydroxylation sites is 1. The standard InChI is InChI=1S/C17H17NO4S/c19-6-7-21-16(13-5-8-23-11-13)10-18-17(20)15-9-12-3-1-2-4-14(12)22-15/h1-5,8-9,11,16,19H,6-7,10H2,(H,18,20). The number of fused-ring (bicyclic) bond motifs is 1. The van der Waals surface area contributed by atoms with Gasteiger partial charge in [-0.3, -0.25) is 4.79 Å². The minimum Gasteiger partial charge on any atom is -0.451 e. The second kappa shape index (κ2) is 7.41. The fourth-order valence-electron chi connectivity index (χ4n) is 2.29. The Labute approximate surface area is 137 Å². The number of nitrogens with one attached hydrogen (secondary N) is 1. The average Bonchev–Trinajstić information content (AvgIpc) is 3.24. The van der Waals surface area contributed by atoms with E-state index in [4.69, 9.17) is 14.3 Å². The molecule has 0 saturated carbocycles. The molecule has 2 N–H and O–H groups in total. The molecule has 3 aromatic rings. The molecule has 0 aliphatic rings. The Morgan fingerprint density at radius 1 is 1.35 bits per heavy atom. The van der Waals surface area contributed by atoms with E-state index in [1.807, 2.05) is 41.1 Å². The summed E-state index contributed by atoms with van der Waals surface area (Å²) >= 11 is 1.56. The lowest BCUT2D eigenvalue weighted by atomic mass is 10.2. The largest absolute Gasteiger partial charge is 0.451 e. The number of benzene rings is 1. The maximum atomic E-state index is 12.3. The predicted octanol–water partition coefficient (Wildman–Crippen LogP) is 2.97. The van der Waals surface area contributed by atoms with Gasteiger partial charge in [0.25, 0.3) is 5.91 Å². The fraction of sp³-hybridized carbons (Fsp3) is 0.235. The fourth-order valence-corrected chi connectivity index (χ4v) is 2.99. The molecule has 2 heterocycles. The van der Waals surface area contributed by atoms with Crippen molar-refractivity contribution < 1.29 is 19.1 Å². The number of thiophene rings is 1. The molecule has 0 radical (unpaired) electrons. The van der Waals surface area contributed by atoms with Crippen LogP contribution in [0.2, 0.25) is 0 Å². The van der Waals surface area contributed by atoms with E-state index in [-0.39, 0.29) is 31.0 Å². The maximum Gasteiger partial charge on any atom is 0.287 e. The first kappa shape index (κ1) is 15.7. The van der Waals surface area contributed by atoms with E-state index in [2.05, 4.69) is 5.32 Å². The Hall–Kier alpha value is -2.15. The molecule has 2 aromatic heterocycles. The van der Waals surface area contributed by atoms with Crippen LogP contribution in [-0.4, -0.2) is 30.8 Å². The quantitative estimate of drug-likeness (QED) is 0.698. The van der Waals surface area contributed by atoms with Crippen LogP contribution >= 0.6 is 11.3 Å². The van der Waals surface area contributed by atoms with Crippen LogP contribution in [0.1, 0.15) is 22.2 Å². The molecule has 5 nitrogen and oxygen atoms in total. The highest BCUT2D eigenvalue weighted by molar-refractivity contribution is 7.07. The van der Waals surface area contributed by atoms with Crippen LogP contribution < -0.4 is 5.32 Å². The van der Waals surface area contributed by atoms with E-state index >= 15 is 0 Å². The van der Waals surface area contributed by atoms with Crippen LogP contribution in [0.15, 0.2) is 51.6 Å². The number of carbonyl (C=O) groups is 1. The molecule has 0 aliphatic carbocycles. The lowest BCUT2D eigenvalue weighted by Crippen LogP contribution is -2.29. The molecule has 1 unspecified atom stereocenters. The van der Waals surface area contributed by atoms with Gasteiger partial charge in [0, 0.05) is 11.9 Å². The van der Waals surface area contributed by atoms with Crippen molar-refractivity contribution in [1.29, 1.82) is 0 Å². The SMILES string of the molecule is O=C(NCC(OCCO)c1ccsc1)c1cc2ccccc2o1. The third-order valence-corrected chi connectivity index (χ3v) is 4.12. The van der Waals surface area contributed by atoms with E-state index in [9.17, 15) is 4.79 Å². The number of hydrogen-bond acceptors (Lipinski definition) is 5. The first-order valence-electron chi connectivity index (χ1n) is 7.29. The maximum absolute atomic E-state index is 12.3.